The number of carbonyl (C=O) groups excluding carboxylic acids is 1. The Kier molecular flexibility index (Phi) is 5.19. The smallest absolute Gasteiger partial charge is 0.254 e. The van der Waals surface area contributed by atoms with Crippen LogP contribution in [-0.4, -0.2) is 44.2 Å². The number of ether oxygens (including phenoxy) is 2. The van der Waals surface area contributed by atoms with Crippen LogP contribution >= 0.6 is 0 Å². The Labute approximate surface area is 183 Å². The van der Waals surface area contributed by atoms with E-state index in [0.29, 0.717) is 0 Å². The molecule has 31 heavy (non-hydrogen) atoms. The van der Waals surface area contributed by atoms with Gasteiger partial charge in [-0.05, 0) is 66.1 Å². The fraction of sp³-hybridized carbons (Fsp3) is 0.370. The number of aryl methyl sites for hydroxylation is 1. The van der Waals surface area contributed by atoms with Crippen LogP contribution in [0.4, 0.5) is 0 Å². The van der Waals surface area contributed by atoms with Gasteiger partial charge in [-0.3, -0.25) is 4.79 Å². The summed E-state index contributed by atoms with van der Waals surface area (Å²) in [5.41, 5.74) is 4.36. The largest absolute Gasteiger partial charge is 0.496 e. The number of methoxy groups -OCH3 is 1. The predicted molar refractivity (Wildman–Crippen MR) is 124 cm³/mol. The monoisotopic (exact) mass is 415 g/mol. The minimum atomic E-state index is 0.141. The first-order valence-electron chi connectivity index (χ1n) is 11.1. The van der Waals surface area contributed by atoms with Crippen molar-refractivity contribution in [3.63, 3.8) is 0 Å². The fourth-order valence-electron chi connectivity index (χ4n) is 5.25. The van der Waals surface area contributed by atoms with E-state index in [1.165, 1.54) is 5.56 Å². The molecule has 0 unspecified atom stereocenters. The lowest BCUT2D eigenvalue weighted by Gasteiger charge is -2.33. The van der Waals surface area contributed by atoms with Crippen LogP contribution in [0.3, 0.4) is 0 Å². The third-order valence-electron chi connectivity index (χ3n) is 7.08. The number of benzene rings is 3. The first kappa shape index (κ1) is 20.1. The molecule has 0 aliphatic carbocycles. The Morgan fingerprint density at radius 1 is 0.968 bits per heavy atom. The van der Waals surface area contributed by atoms with E-state index in [4.69, 9.17) is 9.47 Å². The number of rotatable bonds is 3. The summed E-state index contributed by atoms with van der Waals surface area (Å²) >= 11 is 0. The summed E-state index contributed by atoms with van der Waals surface area (Å²) in [7, 11) is 1.70. The van der Waals surface area contributed by atoms with Gasteiger partial charge in [0.15, 0.2) is 0 Å². The molecule has 5 rings (SSSR count). The molecule has 1 amide bonds. The van der Waals surface area contributed by atoms with Crippen molar-refractivity contribution in [3.8, 4) is 16.9 Å². The maximum Gasteiger partial charge on any atom is 0.254 e. The molecule has 0 atom stereocenters. The molecule has 4 nitrogen and oxygen atoms in total. The van der Waals surface area contributed by atoms with Crippen LogP contribution in [0.2, 0.25) is 0 Å². The van der Waals surface area contributed by atoms with Crippen LogP contribution in [0, 0.1) is 12.3 Å². The van der Waals surface area contributed by atoms with Crippen LogP contribution in [0.15, 0.2) is 54.6 Å². The van der Waals surface area contributed by atoms with Gasteiger partial charge in [0, 0.05) is 37.4 Å². The van der Waals surface area contributed by atoms with Gasteiger partial charge in [0.1, 0.15) is 5.75 Å². The third-order valence-corrected chi connectivity index (χ3v) is 7.08. The number of fused-ring (bicyclic) bond motifs is 1. The van der Waals surface area contributed by atoms with E-state index >= 15 is 0 Å². The topological polar surface area (TPSA) is 38.8 Å². The summed E-state index contributed by atoms with van der Waals surface area (Å²) in [4.78, 5) is 15.6. The Morgan fingerprint density at radius 2 is 1.74 bits per heavy atom. The Morgan fingerprint density at radius 3 is 2.55 bits per heavy atom. The summed E-state index contributed by atoms with van der Waals surface area (Å²) in [5, 5.41) is 2.08. The van der Waals surface area contributed by atoms with Gasteiger partial charge in [-0.1, -0.05) is 42.0 Å². The molecule has 2 aliphatic rings. The van der Waals surface area contributed by atoms with Gasteiger partial charge in [-0.2, -0.15) is 0 Å². The summed E-state index contributed by atoms with van der Waals surface area (Å²) in [6.07, 6.45) is 3.20. The van der Waals surface area contributed by atoms with Crippen molar-refractivity contribution >= 4 is 16.7 Å². The zero-order chi connectivity index (χ0) is 21.4. The maximum atomic E-state index is 13.6. The Hall–Kier alpha value is -2.85. The van der Waals surface area contributed by atoms with Crippen LogP contribution < -0.4 is 4.74 Å². The number of hydrogen-bond donors (Lipinski definition) is 0. The van der Waals surface area contributed by atoms with Gasteiger partial charge >= 0.3 is 0 Å². The minimum Gasteiger partial charge on any atom is -0.496 e. The van der Waals surface area contributed by atoms with Crippen molar-refractivity contribution in [2.45, 2.75) is 26.2 Å². The van der Waals surface area contributed by atoms with Gasteiger partial charge < -0.3 is 14.4 Å². The zero-order valence-electron chi connectivity index (χ0n) is 18.3. The molecule has 0 bridgehead atoms. The first-order valence-corrected chi connectivity index (χ1v) is 11.1. The van der Waals surface area contributed by atoms with E-state index in [9.17, 15) is 4.79 Å². The lowest BCUT2D eigenvalue weighted by atomic mass is 9.80. The van der Waals surface area contributed by atoms with Crippen LogP contribution in [0.1, 0.15) is 35.2 Å². The Bertz CT molecular complexity index is 1130. The second-order valence-electron chi connectivity index (χ2n) is 9.00. The first-order chi connectivity index (χ1) is 15.1. The fourth-order valence-corrected chi connectivity index (χ4v) is 5.25. The highest BCUT2D eigenvalue weighted by Crippen LogP contribution is 2.41. The van der Waals surface area contributed by atoms with Crippen LogP contribution in [0.5, 0.6) is 5.75 Å². The van der Waals surface area contributed by atoms with Gasteiger partial charge in [-0.15, -0.1) is 0 Å². The highest BCUT2D eigenvalue weighted by molar-refractivity contribution is 6.10. The van der Waals surface area contributed by atoms with Gasteiger partial charge in [0.2, 0.25) is 0 Å². The highest BCUT2D eigenvalue weighted by atomic mass is 16.5. The molecule has 2 aliphatic heterocycles. The third kappa shape index (κ3) is 3.59. The van der Waals surface area contributed by atoms with Gasteiger partial charge in [0.25, 0.3) is 5.91 Å². The molecule has 1 spiro atoms. The van der Waals surface area contributed by atoms with E-state index in [0.717, 1.165) is 78.8 Å². The number of nitrogens with zero attached hydrogens (tertiary/aromatic N) is 1. The SMILES string of the molecule is COc1ccc(C)cc1-c1cccc2c(C(=O)N3CCC4(CCOCC4)C3)cccc12. The Balaban J connectivity index is 1.54. The van der Waals surface area contributed by atoms with Crippen molar-refractivity contribution in [2.75, 3.05) is 33.4 Å². The summed E-state index contributed by atoms with van der Waals surface area (Å²) in [5.74, 6) is 0.984. The van der Waals surface area contributed by atoms with Crippen LogP contribution in [0.25, 0.3) is 21.9 Å². The molecule has 0 N–H and O–H groups in total. The van der Waals surface area contributed by atoms with Crippen molar-refractivity contribution in [2.24, 2.45) is 5.41 Å². The van der Waals surface area contributed by atoms with Crippen molar-refractivity contribution in [1.82, 2.24) is 4.90 Å². The molecule has 2 heterocycles. The van der Waals surface area contributed by atoms with Crippen LogP contribution in [-0.2, 0) is 4.74 Å². The normalized spacial score (nSPS) is 17.9. The van der Waals surface area contributed by atoms with Gasteiger partial charge in [-0.25, -0.2) is 0 Å². The number of amides is 1. The molecule has 160 valence electrons. The maximum absolute atomic E-state index is 13.6. The molecule has 0 radical (unpaired) electrons. The molecule has 2 saturated heterocycles. The van der Waals surface area contributed by atoms with E-state index in [-0.39, 0.29) is 11.3 Å². The number of likely N-dealkylation sites (tertiary alicyclic amines) is 1. The molecular weight excluding hydrogens is 386 g/mol. The van der Waals surface area contributed by atoms with Crippen molar-refractivity contribution < 1.29 is 14.3 Å². The average molecular weight is 416 g/mol. The average Bonchev–Trinajstić information content (AvgIpc) is 3.21. The molecule has 3 aromatic rings. The molecular formula is C27H29NO3. The van der Waals surface area contributed by atoms with Gasteiger partial charge in [0.05, 0.1) is 7.11 Å². The van der Waals surface area contributed by atoms with E-state index < -0.39 is 0 Å². The summed E-state index contributed by atoms with van der Waals surface area (Å²) < 4.78 is 11.2. The van der Waals surface area contributed by atoms with Crippen molar-refractivity contribution in [3.05, 3.63) is 65.7 Å². The molecule has 0 aromatic heterocycles. The van der Waals surface area contributed by atoms with Crippen molar-refractivity contribution in [1.29, 1.82) is 0 Å². The second kappa shape index (κ2) is 8.01. The minimum absolute atomic E-state index is 0.141. The molecule has 4 heteroatoms. The summed E-state index contributed by atoms with van der Waals surface area (Å²) in [6, 6.07) is 18.5. The predicted octanol–water partition coefficient (Wildman–Crippen LogP) is 5.47. The molecule has 2 fully saturated rings. The number of hydrogen-bond acceptors (Lipinski definition) is 3. The number of carbonyl (C=O) groups is 1. The molecule has 0 saturated carbocycles. The lowest BCUT2D eigenvalue weighted by Crippen LogP contribution is -2.35. The molecule has 3 aromatic carbocycles. The van der Waals surface area contributed by atoms with E-state index in [2.05, 4.69) is 42.2 Å². The van der Waals surface area contributed by atoms with E-state index in [1.807, 2.05) is 24.3 Å². The quantitative estimate of drug-likeness (QED) is 0.570. The standard InChI is InChI=1S/C27H29NO3/c1-19-9-10-25(30-2)24(17-19)22-7-3-6-21-20(22)5-4-8-23(21)26(29)28-14-11-27(18-28)12-15-31-16-13-27/h3-10,17H,11-16,18H2,1-2H3. The second-order valence-corrected chi connectivity index (χ2v) is 9.00. The lowest BCUT2D eigenvalue weighted by molar-refractivity contribution is 0.0191. The van der Waals surface area contributed by atoms with E-state index in [1.54, 1.807) is 7.11 Å². The highest BCUT2D eigenvalue weighted by Gasteiger charge is 2.41. The summed E-state index contributed by atoms with van der Waals surface area (Å²) in [6.45, 7) is 5.40. The zero-order valence-corrected chi connectivity index (χ0v) is 18.3.